The molecule has 1 aromatic heterocycles. The van der Waals surface area contributed by atoms with E-state index in [1.54, 1.807) is 18.2 Å². The lowest BCUT2D eigenvalue weighted by molar-refractivity contribution is -0.113. The first-order chi connectivity index (χ1) is 14.1. The molecule has 9 heteroatoms. The van der Waals surface area contributed by atoms with Crippen LogP contribution >= 0.6 is 23.1 Å². The van der Waals surface area contributed by atoms with Crippen molar-refractivity contribution in [1.82, 2.24) is 10.2 Å². The summed E-state index contributed by atoms with van der Waals surface area (Å²) in [5.41, 5.74) is 2.22. The zero-order valence-electron chi connectivity index (χ0n) is 16.2. The molecule has 0 saturated carbocycles. The molecule has 0 aliphatic heterocycles. The molecule has 0 radical (unpaired) electrons. The van der Waals surface area contributed by atoms with Gasteiger partial charge in [0.05, 0.1) is 11.4 Å². The van der Waals surface area contributed by atoms with Crippen LogP contribution in [0.15, 0.2) is 52.9 Å². The fraction of sp³-hybridized carbons (Fsp3) is 0.250. The molecule has 0 saturated heterocycles. The predicted octanol–water partition coefficient (Wildman–Crippen LogP) is 5.00. The van der Waals surface area contributed by atoms with Crippen LogP contribution in [0.2, 0.25) is 0 Å². The van der Waals surface area contributed by atoms with Gasteiger partial charge in [-0.05, 0) is 50.2 Å². The van der Waals surface area contributed by atoms with Crippen LogP contribution in [0.4, 0.5) is 26.6 Å². The topological polar surface area (TPSA) is 70.2 Å². The van der Waals surface area contributed by atoms with E-state index >= 15 is 0 Å². The van der Waals surface area contributed by atoms with Crippen molar-refractivity contribution >= 4 is 51.2 Å². The average molecular weight is 432 g/mol. The van der Waals surface area contributed by atoms with Gasteiger partial charge in [-0.3, -0.25) is 4.79 Å². The molecular formula is C20H22FN5OS2. The summed E-state index contributed by atoms with van der Waals surface area (Å²) in [6.07, 6.45) is 0. The molecule has 3 rings (SSSR count). The number of halogens is 1. The van der Waals surface area contributed by atoms with Crippen LogP contribution in [-0.4, -0.2) is 34.9 Å². The van der Waals surface area contributed by atoms with Gasteiger partial charge in [0.1, 0.15) is 5.82 Å². The SMILES string of the molecule is CCN(CC)c1ccc(NC(=O)CSc2nnc(Nc3ccccc3F)s2)cc1. The Balaban J connectivity index is 1.50. The van der Waals surface area contributed by atoms with Crippen molar-refractivity contribution < 1.29 is 9.18 Å². The molecule has 29 heavy (non-hydrogen) atoms. The highest BCUT2D eigenvalue weighted by atomic mass is 32.2. The number of aromatic nitrogens is 2. The van der Waals surface area contributed by atoms with E-state index < -0.39 is 0 Å². The Bertz CT molecular complexity index is 944. The number of hydrogen-bond acceptors (Lipinski definition) is 7. The summed E-state index contributed by atoms with van der Waals surface area (Å²) >= 11 is 2.56. The molecule has 0 aliphatic rings. The van der Waals surface area contributed by atoms with Crippen molar-refractivity contribution in [2.45, 2.75) is 18.2 Å². The molecule has 1 amide bonds. The summed E-state index contributed by atoms with van der Waals surface area (Å²) in [5.74, 6) is -0.265. The molecule has 152 valence electrons. The highest BCUT2D eigenvalue weighted by Gasteiger charge is 2.10. The lowest BCUT2D eigenvalue weighted by atomic mass is 10.2. The molecule has 0 bridgehead atoms. The smallest absolute Gasteiger partial charge is 0.234 e. The fourth-order valence-electron chi connectivity index (χ4n) is 2.67. The second-order valence-corrected chi connectivity index (χ2v) is 8.23. The lowest BCUT2D eigenvalue weighted by Gasteiger charge is -2.21. The van der Waals surface area contributed by atoms with Gasteiger partial charge in [-0.2, -0.15) is 0 Å². The van der Waals surface area contributed by atoms with Crippen molar-refractivity contribution in [3.63, 3.8) is 0 Å². The molecule has 0 aliphatic carbocycles. The quantitative estimate of drug-likeness (QED) is 0.465. The molecular weight excluding hydrogens is 409 g/mol. The Hall–Kier alpha value is -2.65. The van der Waals surface area contributed by atoms with Gasteiger partial charge in [0, 0.05) is 24.5 Å². The first-order valence-electron chi connectivity index (χ1n) is 9.21. The minimum atomic E-state index is -0.358. The van der Waals surface area contributed by atoms with Crippen LogP contribution in [0, 0.1) is 5.82 Å². The second-order valence-electron chi connectivity index (χ2n) is 6.03. The van der Waals surface area contributed by atoms with Gasteiger partial charge in [0.2, 0.25) is 11.0 Å². The highest BCUT2D eigenvalue weighted by Crippen LogP contribution is 2.28. The molecule has 1 heterocycles. The first-order valence-corrected chi connectivity index (χ1v) is 11.0. The molecule has 2 N–H and O–H groups in total. The number of benzene rings is 2. The van der Waals surface area contributed by atoms with E-state index in [-0.39, 0.29) is 17.5 Å². The number of anilines is 4. The average Bonchev–Trinajstić information content (AvgIpc) is 3.18. The number of amides is 1. The van der Waals surface area contributed by atoms with Crippen molar-refractivity contribution in [3.8, 4) is 0 Å². The number of nitrogens with one attached hydrogen (secondary N) is 2. The largest absolute Gasteiger partial charge is 0.372 e. The molecule has 3 aromatic rings. The number of hydrogen-bond donors (Lipinski definition) is 2. The van der Waals surface area contributed by atoms with Crippen LogP contribution in [0.3, 0.4) is 0 Å². The van der Waals surface area contributed by atoms with Gasteiger partial charge in [-0.25, -0.2) is 4.39 Å². The maximum absolute atomic E-state index is 13.7. The summed E-state index contributed by atoms with van der Waals surface area (Å²) in [6.45, 7) is 6.10. The van der Waals surface area contributed by atoms with Crippen molar-refractivity contribution in [3.05, 3.63) is 54.3 Å². The maximum Gasteiger partial charge on any atom is 0.234 e. The van der Waals surface area contributed by atoms with Crippen LogP contribution in [0.25, 0.3) is 0 Å². The molecule has 0 unspecified atom stereocenters. The molecule has 0 spiro atoms. The fourth-order valence-corrected chi connectivity index (χ4v) is 4.23. The van der Waals surface area contributed by atoms with E-state index in [1.807, 2.05) is 24.3 Å². The third kappa shape index (κ3) is 5.91. The van der Waals surface area contributed by atoms with Gasteiger partial charge < -0.3 is 15.5 Å². The summed E-state index contributed by atoms with van der Waals surface area (Å²) < 4.78 is 14.3. The molecule has 0 fully saturated rings. The monoisotopic (exact) mass is 431 g/mol. The zero-order chi connectivity index (χ0) is 20.6. The van der Waals surface area contributed by atoms with E-state index in [4.69, 9.17) is 0 Å². The minimum absolute atomic E-state index is 0.121. The highest BCUT2D eigenvalue weighted by molar-refractivity contribution is 8.01. The van der Waals surface area contributed by atoms with Gasteiger partial charge >= 0.3 is 0 Å². The summed E-state index contributed by atoms with van der Waals surface area (Å²) in [6, 6.07) is 14.2. The Morgan fingerprint density at radius 3 is 2.52 bits per heavy atom. The van der Waals surface area contributed by atoms with Crippen molar-refractivity contribution in [2.24, 2.45) is 0 Å². The minimum Gasteiger partial charge on any atom is -0.372 e. The Labute approximate surface area is 177 Å². The van der Waals surface area contributed by atoms with Crippen LogP contribution in [0.5, 0.6) is 0 Å². The van der Waals surface area contributed by atoms with E-state index in [0.717, 1.165) is 24.5 Å². The summed E-state index contributed by atoms with van der Waals surface area (Å²) in [7, 11) is 0. The van der Waals surface area contributed by atoms with Crippen molar-refractivity contribution in [1.29, 1.82) is 0 Å². The first kappa shape index (κ1) is 21.1. The van der Waals surface area contributed by atoms with Crippen molar-refractivity contribution in [2.75, 3.05) is 34.4 Å². The van der Waals surface area contributed by atoms with Crippen LogP contribution in [-0.2, 0) is 4.79 Å². The molecule has 0 atom stereocenters. The van der Waals surface area contributed by atoms with E-state index in [1.165, 1.54) is 29.2 Å². The number of thioether (sulfide) groups is 1. The van der Waals surface area contributed by atoms with Gasteiger partial charge in [0.15, 0.2) is 4.34 Å². The predicted molar refractivity (Wildman–Crippen MR) is 119 cm³/mol. The van der Waals surface area contributed by atoms with E-state index in [2.05, 4.69) is 39.6 Å². The third-order valence-electron chi connectivity index (χ3n) is 4.13. The number of carbonyl (C=O) groups is 1. The lowest BCUT2D eigenvalue weighted by Crippen LogP contribution is -2.21. The molecule has 6 nitrogen and oxygen atoms in total. The normalized spacial score (nSPS) is 10.6. The second kappa shape index (κ2) is 10.2. The zero-order valence-corrected chi connectivity index (χ0v) is 17.8. The third-order valence-corrected chi connectivity index (χ3v) is 6.10. The summed E-state index contributed by atoms with van der Waals surface area (Å²) in [5, 5.41) is 14.3. The maximum atomic E-state index is 13.7. The Morgan fingerprint density at radius 2 is 1.83 bits per heavy atom. The van der Waals surface area contributed by atoms with Crippen LogP contribution in [0.1, 0.15) is 13.8 Å². The Morgan fingerprint density at radius 1 is 1.10 bits per heavy atom. The van der Waals surface area contributed by atoms with Gasteiger partial charge in [-0.1, -0.05) is 35.2 Å². The van der Waals surface area contributed by atoms with Gasteiger partial charge in [0.25, 0.3) is 0 Å². The number of carbonyl (C=O) groups excluding carboxylic acids is 1. The number of para-hydroxylation sites is 1. The van der Waals surface area contributed by atoms with E-state index in [9.17, 15) is 9.18 Å². The van der Waals surface area contributed by atoms with E-state index in [0.29, 0.717) is 15.2 Å². The Kier molecular flexibility index (Phi) is 7.42. The molecule has 2 aromatic carbocycles. The standard InChI is InChI=1S/C20H22FN5OS2/c1-3-26(4-2)15-11-9-14(10-12-15)22-18(27)13-28-20-25-24-19(29-20)23-17-8-6-5-7-16(17)21/h5-12H,3-4,13H2,1-2H3,(H,22,27)(H,23,24). The van der Waals surface area contributed by atoms with Crippen LogP contribution < -0.4 is 15.5 Å². The summed E-state index contributed by atoms with van der Waals surface area (Å²) in [4.78, 5) is 14.4. The number of nitrogens with zero attached hydrogens (tertiary/aromatic N) is 3. The number of rotatable bonds is 9. The van der Waals surface area contributed by atoms with Gasteiger partial charge in [-0.15, -0.1) is 10.2 Å².